The summed E-state index contributed by atoms with van der Waals surface area (Å²) in [4.78, 5) is 19.8. The van der Waals surface area contributed by atoms with Gasteiger partial charge in [-0.05, 0) is 42.0 Å². The number of carbonyl (C=O) groups is 1. The lowest BCUT2D eigenvalue weighted by atomic mass is 10.2. The molecule has 178 valence electrons. The molecule has 5 rings (SSSR count). The van der Waals surface area contributed by atoms with Crippen molar-refractivity contribution in [3.63, 3.8) is 0 Å². The summed E-state index contributed by atoms with van der Waals surface area (Å²) in [5.41, 5.74) is 0.698. The Bertz CT molecular complexity index is 1670. The van der Waals surface area contributed by atoms with Crippen molar-refractivity contribution in [3.05, 3.63) is 96.3 Å². The van der Waals surface area contributed by atoms with Crippen molar-refractivity contribution in [2.45, 2.75) is 22.5 Å². The monoisotopic (exact) mass is 499 g/mol. The van der Waals surface area contributed by atoms with Gasteiger partial charge < -0.3 is 14.1 Å². The first-order valence-electron chi connectivity index (χ1n) is 10.2. The molecule has 35 heavy (non-hydrogen) atoms. The second-order valence-corrected chi connectivity index (χ2v) is 9.64. The van der Waals surface area contributed by atoms with Crippen LogP contribution in [0.2, 0.25) is 0 Å². The average Bonchev–Trinajstić information content (AvgIpc) is 3.48. The predicted molar refractivity (Wildman–Crippen MR) is 118 cm³/mol. The third kappa shape index (κ3) is 4.35. The number of alkyl halides is 3. The number of benzene rings is 1. The molecule has 0 saturated heterocycles. The maximum Gasteiger partial charge on any atom is 0.434 e. The van der Waals surface area contributed by atoms with E-state index in [4.69, 9.17) is 0 Å². The first kappa shape index (κ1) is 22.6. The van der Waals surface area contributed by atoms with E-state index in [1.807, 2.05) is 0 Å². The number of halogens is 3. The lowest BCUT2D eigenvalue weighted by Gasteiger charge is -2.08. The van der Waals surface area contributed by atoms with Crippen molar-refractivity contribution in [3.8, 4) is 0 Å². The molecule has 0 radical (unpaired) electrons. The molecule has 0 atom stereocenters. The zero-order valence-electron chi connectivity index (χ0n) is 17.8. The summed E-state index contributed by atoms with van der Waals surface area (Å²) < 4.78 is 67.4. The molecule has 4 aromatic heterocycles. The minimum absolute atomic E-state index is 0.0189. The van der Waals surface area contributed by atoms with Gasteiger partial charge in [-0.15, -0.1) is 0 Å². The minimum Gasteiger partial charge on any atom is -0.348 e. The summed E-state index contributed by atoms with van der Waals surface area (Å²) >= 11 is 0. The minimum atomic E-state index is -4.64. The summed E-state index contributed by atoms with van der Waals surface area (Å²) in [7, 11) is -3.99. The van der Waals surface area contributed by atoms with Gasteiger partial charge >= 0.3 is 6.18 Å². The van der Waals surface area contributed by atoms with Crippen molar-refractivity contribution in [2.75, 3.05) is 0 Å². The number of aromatic nitrogens is 4. The molecule has 0 unspecified atom stereocenters. The third-order valence-corrected chi connectivity index (χ3v) is 7.12. The van der Waals surface area contributed by atoms with E-state index in [1.54, 1.807) is 47.3 Å². The Morgan fingerprint density at radius 2 is 1.60 bits per heavy atom. The molecular formula is C23H16F3N5O3S. The number of rotatable bonds is 5. The van der Waals surface area contributed by atoms with Crippen LogP contribution in [0.15, 0.2) is 89.3 Å². The number of hydrogen-bond donors (Lipinski definition) is 1. The van der Waals surface area contributed by atoms with E-state index < -0.39 is 21.7 Å². The number of hydrogen-bond acceptors (Lipinski definition) is 5. The highest BCUT2D eigenvalue weighted by molar-refractivity contribution is 7.91. The third-order valence-electron chi connectivity index (χ3n) is 5.36. The molecule has 1 amide bonds. The van der Waals surface area contributed by atoms with Gasteiger partial charge in [0.15, 0.2) is 5.69 Å². The van der Waals surface area contributed by atoms with Gasteiger partial charge in [0.05, 0.1) is 15.4 Å². The van der Waals surface area contributed by atoms with E-state index in [2.05, 4.69) is 15.3 Å². The Morgan fingerprint density at radius 3 is 2.34 bits per heavy atom. The summed E-state index contributed by atoms with van der Waals surface area (Å²) in [6, 6.07) is 11.7. The van der Waals surface area contributed by atoms with Crippen LogP contribution >= 0.6 is 0 Å². The zero-order chi connectivity index (χ0) is 24.8. The molecule has 0 aliphatic rings. The number of amides is 1. The number of carbonyl (C=O) groups excluding carboxylic acids is 1. The van der Waals surface area contributed by atoms with Crippen LogP contribution in [0, 0.1) is 0 Å². The van der Waals surface area contributed by atoms with Crippen LogP contribution in [-0.4, -0.2) is 33.1 Å². The fourth-order valence-electron chi connectivity index (χ4n) is 3.53. The van der Waals surface area contributed by atoms with Gasteiger partial charge in [0.1, 0.15) is 11.3 Å². The molecule has 5 aromatic rings. The van der Waals surface area contributed by atoms with Gasteiger partial charge in [0.2, 0.25) is 9.84 Å². The SMILES string of the molecule is O=C(NCc1ccc(S(=O)(=O)c2ccc3nc(C(F)(F)F)cn3c2)cc1)c1ccc2nccn2c1. The van der Waals surface area contributed by atoms with Crippen molar-refractivity contribution < 1.29 is 26.4 Å². The van der Waals surface area contributed by atoms with E-state index >= 15 is 0 Å². The van der Waals surface area contributed by atoms with Crippen LogP contribution in [0.3, 0.4) is 0 Å². The smallest absolute Gasteiger partial charge is 0.348 e. The van der Waals surface area contributed by atoms with Crippen LogP contribution in [0.25, 0.3) is 11.3 Å². The molecule has 4 heterocycles. The number of sulfone groups is 1. The predicted octanol–water partition coefficient (Wildman–Crippen LogP) is 3.76. The van der Waals surface area contributed by atoms with Gasteiger partial charge in [-0.3, -0.25) is 4.79 Å². The van der Waals surface area contributed by atoms with Gasteiger partial charge in [-0.2, -0.15) is 13.2 Å². The normalized spacial score (nSPS) is 12.3. The molecule has 8 nitrogen and oxygen atoms in total. The van der Waals surface area contributed by atoms with E-state index in [9.17, 15) is 26.4 Å². The molecule has 0 saturated carbocycles. The molecule has 1 aromatic carbocycles. The van der Waals surface area contributed by atoms with E-state index in [-0.39, 0.29) is 27.9 Å². The average molecular weight is 499 g/mol. The van der Waals surface area contributed by atoms with Crippen LogP contribution in [-0.2, 0) is 22.6 Å². The Kier molecular flexibility index (Phi) is 5.32. The summed E-state index contributed by atoms with van der Waals surface area (Å²) in [6.07, 6.45) is 2.21. The maximum absolute atomic E-state index is 13.0. The highest BCUT2D eigenvalue weighted by Crippen LogP contribution is 2.29. The molecule has 1 N–H and O–H groups in total. The molecular weight excluding hydrogens is 483 g/mol. The first-order chi connectivity index (χ1) is 16.6. The van der Waals surface area contributed by atoms with Crippen molar-refractivity contribution >= 4 is 27.0 Å². The largest absolute Gasteiger partial charge is 0.434 e. The Morgan fingerprint density at radius 1 is 0.886 bits per heavy atom. The van der Waals surface area contributed by atoms with Gasteiger partial charge in [0.25, 0.3) is 5.91 Å². The quantitative estimate of drug-likeness (QED) is 0.397. The molecule has 0 aliphatic heterocycles. The zero-order valence-corrected chi connectivity index (χ0v) is 18.6. The Hall–Kier alpha value is -4.19. The fraction of sp³-hybridized carbons (Fsp3) is 0.0870. The highest BCUT2D eigenvalue weighted by atomic mass is 32.2. The van der Waals surface area contributed by atoms with E-state index in [0.29, 0.717) is 16.8 Å². The number of imidazole rings is 2. The number of fused-ring (bicyclic) bond motifs is 2. The molecule has 12 heteroatoms. The second kappa shape index (κ2) is 8.24. The van der Waals surface area contributed by atoms with Crippen molar-refractivity contribution in [1.29, 1.82) is 0 Å². The summed E-state index contributed by atoms with van der Waals surface area (Å²) in [5, 5.41) is 2.77. The number of nitrogens with zero attached hydrogens (tertiary/aromatic N) is 4. The van der Waals surface area contributed by atoms with Crippen LogP contribution in [0.4, 0.5) is 13.2 Å². The Balaban J connectivity index is 1.31. The lowest BCUT2D eigenvalue weighted by Crippen LogP contribution is -2.23. The number of nitrogens with one attached hydrogen (secondary N) is 1. The van der Waals surface area contributed by atoms with Crippen LogP contribution < -0.4 is 5.32 Å². The van der Waals surface area contributed by atoms with Gasteiger partial charge in [0, 0.05) is 37.5 Å². The first-order valence-corrected chi connectivity index (χ1v) is 11.7. The van der Waals surface area contributed by atoms with E-state index in [0.717, 1.165) is 16.8 Å². The van der Waals surface area contributed by atoms with Crippen LogP contribution in [0.1, 0.15) is 21.6 Å². The van der Waals surface area contributed by atoms with Gasteiger partial charge in [-0.25, -0.2) is 18.4 Å². The molecule has 0 bridgehead atoms. The standard InChI is InChI=1S/C23H16F3N5O3S/c24-23(25,26)19-14-31-13-18(6-8-21(31)29-19)35(33,34)17-4-1-15(2-5-17)11-28-22(32)16-3-7-20-27-9-10-30(20)12-16/h1-10,12-14H,11H2,(H,28,32). The van der Waals surface area contributed by atoms with Crippen molar-refractivity contribution in [2.24, 2.45) is 0 Å². The Labute approximate surface area is 196 Å². The topological polar surface area (TPSA) is 97.8 Å². The molecule has 0 aliphatic carbocycles. The maximum atomic E-state index is 13.0. The summed E-state index contributed by atoms with van der Waals surface area (Å²) in [6.45, 7) is 0.169. The fourth-order valence-corrected chi connectivity index (χ4v) is 4.79. The lowest BCUT2D eigenvalue weighted by molar-refractivity contribution is -0.140. The van der Waals surface area contributed by atoms with Gasteiger partial charge in [-0.1, -0.05) is 12.1 Å². The highest BCUT2D eigenvalue weighted by Gasteiger charge is 2.34. The van der Waals surface area contributed by atoms with Crippen molar-refractivity contribution in [1.82, 2.24) is 24.1 Å². The second-order valence-electron chi connectivity index (χ2n) is 7.69. The van der Waals surface area contributed by atoms with E-state index in [1.165, 1.54) is 24.3 Å². The molecule has 0 fully saturated rings. The molecule has 0 spiro atoms. The number of pyridine rings is 2. The summed E-state index contributed by atoms with van der Waals surface area (Å²) in [5.74, 6) is -0.302. The van der Waals surface area contributed by atoms with Crippen LogP contribution in [0.5, 0.6) is 0 Å².